The Kier molecular flexibility index (Phi) is 5.68. The van der Waals surface area contributed by atoms with Gasteiger partial charge in [0.2, 0.25) is 0 Å². The van der Waals surface area contributed by atoms with E-state index in [1.54, 1.807) is 18.2 Å². The third-order valence-electron chi connectivity index (χ3n) is 5.78. The van der Waals surface area contributed by atoms with E-state index in [4.69, 9.17) is 0 Å². The van der Waals surface area contributed by atoms with Crippen LogP contribution in [-0.4, -0.2) is 15.3 Å². The molecule has 0 aliphatic heterocycles. The van der Waals surface area contributed by atoms with E-state index in [1.165, 1.54) is 0 Å². The lowest BCUT2D eigenvalue weighted by molar-refractivity contribution is 0.468. The number of benzene rings is 4. The third kappa shape index (κ3) is 4.41. The first-order chi connectivity index (χ1) is 14.9. The summed E-state index contributed by atoms with van der Waals surface area (Å²) in [6.45, 7) is 3.76. The van der Waals surface area contributed by atoms with Gasteiger partial charge in [-0.05, 0) is 77.4 Å². The Hall–Kier alpha value is -3.72. The highest BCUT2D eigenvalue weighted by Gasteiger charge is 2.16. The van der Waals surface area contributed by atoms with Crippen LogP contribution in [0.15, 0.2) is 78.9 Å². The van der Waals surface area contributed by atoms with Crippen molar-refractivity contribution in [2.45, 2.75) is 26.7 Å². The summed E-state index contributed by atoms with van der Waals surface area (Å²) in [7, 11) is 0. The Morgan fingerprint density at radius 2 is 1.06 bits per heavy atom. The molecular weight excluding hydrogens is 384 g/mol. The minimum absolute atomic E-state index is 0.260. The number of aryl methyl sites for hydroxylation is 2. The molecule has 0 heterocycles. The highest BCUT2D eigenvalue weighted by atomic mass is 16.3. The summed E-state index contributed by atoms with van der Waals surface area (Å²) >= 11 is 0. The van der Waals surface area contributed by atoms with Gasteiger partial charge in [-0.3, -0.25) is 0 Å². The lowest BCUT2D eigenvalue weighted by Crippen LogP contribution is -2.02. The molecule has 0 saturated carbocycles. The minimum atomic E-state index is 0.260. The Balaban J connectivity index is 1.85. The van der Waals surface area contributed by atoms with Crippen molar-refractivity contribution >= 4 is 0 Å². The van der Waals surface area contributed by atoms with E-state index < -0.39 is 0 Å². The van der Waals surface area contributed by atoms with E-state index in [1.807, 2.05) is 62.4 Å². The maximum absolute atomic E-state index is 10.8. The fraction of sp³-hybridized carbons (Fsp3) is 0.143. The largest absolute Gasteiger partial charge is 0.508 e. The van der Waals surface area contributed by atoms with Gasteiger partial charge in [-0.2, -0.15) is 0 Å². The fourth-order valence-corrected chi connectivity index (χ4v) is 4.03. The summed E-state index contributed by atoms with van der Waals surface area (Å²) in [4.78, 5) is 0. The molecule has 0 aromatic heterocycles. The molecule has 4 rings (SSSR count). The average Bonchev–Trinajstić information content (AvgIpc) is 2.76. The van der Waals surface area contributed by atoms with Crippen LogP contribution in [-0.2, 0) is 12.8 Å². The quantitative estimate of drug-likeness (QED) is 0.363. The van der Waals surface area contributed by atoms with Gasteiger partial charge in [0.15, 0.2) is 0 Å². The number of phenolic OH excluding ortho intramolecular Hbond substituents is 3. The lowest BCUT2D eigenvalue weighted by atomic mass is 9.87. The Morgan fingerprint density at radius 1 is 0.548 bits per heavy atom. The van der Waals surface area contributed by atoms with E-state index in [9.17, 15) is 15.3 Å². The van der Waals surface area contributed by atoms with Crippen LogP contribution in [0.5, 0.6) is 17.2 Å². The molecular formula is C28H26O3. The SMILES string of the molecule is Cc1cc(Cc2c(O)ccc(-c3ccccc3)c2Cc2ccc(O)c(C)c2)ccc1O. The number of phenols is 3. The Labute approximate surface area is 182 Å². The van der Waals surface area contributed by atoms with Gasteiger partial charge in [0, 0.05) is 12.0 Å². The van der Waals surface area contributed by atoms with Gasteiger partial charge in [-0.25, -0.2) is 0 Å². The zero-order valence-corrected chi connectivity index (χ0v) is 17.8. The Bertz CT molecular complexity index is 1230. The summed E-state index contributed by atoms with van der Waals surface area (Å²) in [5.74, 6) is 0.810. The van der Waals surface area contributed by atoms with Crippen molar-refractivity contribution in [2.75, 3.05) is 0 Å². The van der Waals surface area contributed by atoms with Crippen LogP contribution in [0.2, 0.25) is 0 Å². The van der Waals surface area contributed by atoms with Crippen molar-refractivity contribution in [1.29, 1.82) is 0 Å². The number of aromatic hydroxyl groups is 3. The molecule has 0 aliphatic carbocycles. The van der Waals surface area contributed by atoms with E-state index >= 15 is 0 Å². The Morgan fingerprint density at radius 3 is 1.61 bits per heavy atom. The first-order valence-corrected chi connectivity index (χ1v) is 10.4. The molecule has 0 fully saturated rings. The van der Waals surface area contributed by atoms with Crippen LogP contribution in [0.1, 0.15) is 33.4 Å². The molecule has 31 heavy (non-hydrogen) atoms. The van der Waals surface area contributed by atoms with E-state index in [-0.39, 0.29) is 17.2 Å². The lowest BCUT2D eigenvalue weighted by Gasteiger charge is -2.18. The van der Waals surface area contributed by atoms with Gasteiger partial charge in [0.1, 0.15) is 17.2 Å². The van der Waals surface area contributed by atoms with Gasteiger partial charge in [0.25, 0.3) is 0 Å². The molecule has 0 amide bonds. The molecule has 0 atom stereocenters. The van der Waals surface area contributed by atoms with Gasteiger partial charge in [0.05, 0.1) is 0 Å². The molecule has 0 saturated heterocycles. The van der Waals surface area contributed by atoms with Crippen LogP contribution in [0, 0.1) is 13.8 Å². The zero-order valence-electron chi connectivity index (χ0n) is 17.8. The van der Waals surface area contributed by atoms with Gasteiger partial charge in [-0.15, -0.1) is 0 Å². The smallest absolute Gasteiger partial charge is 0.119 e. The van der Waals surface area contributed by atoms with Gasteiger partial charge in [-0.1, -0.05) is 60.7 Å². The standard InChI is InChI=1S/C28H26O3/c1-18-14-20(8-11-26(18)29)16-24-23(22-6-4-3-5-7-22)10-13-28(31)25(24)17-21-9-12-27(30)19(2)15-21/h3-15,29-31H,16-17H2,1-2H3. The van der Waals surface area contributed by atoms with E-state index in [2.05, 4.69) is 12.1 Å². The van der Waals surface area contributed by atoms with Gasteiger partial charge < -0.3 is 15.3 Å². The molecule has 0 spiro atoms. The van der Waals surface area contributed by atoms with Crippen molar-refractivity contribution in [3.05, 3.63) is 112 Å². The highest BCUT2D eigenvalue weighted by Crippen LogP contribution is 2.36. The van der Waals surface area contributed by atoms with E-state index in [0.29, 0.717) is 12.8 Å². The summed E-state index contributed by atoms with van der Waals surface area (Å²) < 4.78 is 0. The molecule has 4 aromatic carbocycles. The number of rotatable bonds is 5. The topological polar surface area (TPSA) is 60.7 Å². The predicted octanol–water partition coefficient (Wildman–Crippen LogP) is 6.27. The molecule has 4 aromatic rings. The predicted molar refractivity (Wildman–Crippen MR) is 125 cm³/mol. The van der Waals surface area contributed by atoms with Crippen molar-refractivity contribution in [1.82, 2.24) is 0 Å². The van der Waals surface area contributed by atoms with Crippen molar-refractivity contribution in [2.24, 2.45) is 0 Å². The molecule has 0 aliphatic rings. The van der Waals surface area contributed by atoms with Crippen LogP contribution < -0.4 is 0 Å². The van der Waals surface area contributed by atoms with Gasteiger partial charge >= 0.3 is 0 Å². The fourth-order valence-electron chi connectivity index (χ4n) is 4.03. The first-order valence-electron chi connectivity index (χ1n) is 10.4. The first kappa shape index (κ1) is 20.5. The second kappa shape index (κ2) is 8.57. The van der Waals surface area contributed by atoms with Crippen molar-refractivity contribution in [3.8, 4) is 28.4 Å². The minimum Gasteiger partial charge on any atom is -0.508 e. The monoisotopic (exact) mass is 410 g/mol. The van der Waals surface area contributed by atoms with Crippen LogP contribution in [0.4, 0.5) is 0 Å². The van der Waals surface area contributed by atoms with Crippen LogP contribution in [0.25, 0.3) is 11.1 Å². The summed E-state index contributed by atoms with van der Waals surface area (Å²) in [5.41, 5.74) is 7.84. The summed E-state index contributed by atoms with van der Waals surface area (Å²) in [6, 6.07) is 25.1. The maximum atomic E-state index is 10.8. The van der Waals surface area contributed by atoms with Crippen LogP contribution >= 0.6 is 0 Å². The second-order valence-electron chi connectivity index (χ2n) is 8.05. The molecule has 0 unspecified atom stereocenters. The second-order valence-corrected chi connectivity index (χ2v) is 8.05. The highest BCUT2D eigenvalue weighted by molar-refractivity contribution is 5.71. The molecule has 3 N–H and O–H groups in total. The molecule has 156 valence electrons. The average molecular weight is 411 g/mol. The van der Waals surface area contributed by atoms with Crippen molar-refractivity contribution < 1.29 is 15.3 Å². The molecule has 3 heteroatoms. The maximum Gasteiger partial charge on any atom is 0.119 e. The normalized spacial score (nSPS) is 10.9. The van der Waals surface area contributed by atoms with Crippen molar-refractivity contribution in [3.63, 3.8) is 0 Å². The third-order valence-corrected chi connectivity index (χ3v) is 5.78. The molecule has 0 bridgehead atoms. The zero-order chi connectivity index (χ0) is 22.0. The number of hydrogen-bond donors (Lipinski definition) is 3. The number of hydrogen-bond acceptors (Lipinski definition) is 3. The molecule has 0 radical (unpaired) electrons. The van der Waals surface area contributed by atoms with Crippen LogP contribution in [0.3, 0.4) is 0 Å². The van der Waals surface area contributed by atoms with E-state index in [0.717, 1.165) is 44.5 Å². The summed E-state index contributed by atoms with van der Waals surface area (Å²) in [5, 5.41) is 30.6. The molecule has 3 nitrogen and oxygen atoms in total. The summed E-state index contributed by atoms with van der Waals surface area (Å²) in [6.07, 6.45) is 1.19.